The number of anilines is 1. The molecule has 2 aromatic rings. The van der Waals surface area contributed by atoms with Crippen molar-refractivity contribution in [1.82, 2.24) is 30.7 Å². The second-order valence-electron chi connectivity index (χ2n) is 16.1. The fourth-order valence-corrected chi connectivity index (χ4v) is 8.75. The third kappa shape index (κ3) is 9.28. The van der Waals surface area contributed by atoms with Crippen LogP contribution in [0.5, 0.6) is 0 Å². The predicted octanol–water partition coefficient (Wildman–Crippen LogP) is 2.45. The van der Waals surface area contributed by atoms with Crippen LogP contribution in [0.15, 0.2) is 42.5 Å². The number of ketones is 1. The van der Waals surface area contributed by atoms with Gasteiger partial charge >= 0.3 is 6.03 Å². The van der Waals surface area contributed by atoms with Crippen LogP contribution >= 0.6 is 11.6 Å². The number of likely N-dealkylation sites (tertiary alicyclic amines) is 3. The first-order valence-corrected chi connectivity index (χ1v) is 20.2. The molecule has 1 saturated carbocycles. The zero-order chi connectivity index (χ0) is 41.9. The lowest BCUT2D eigenvalue weighted by Gasteiger charge is -2.39. The number of piperidine rings is 1. The summed E-state index contributed by atoms with van der Waals surface area (Å²) in [5.74, 6) is -3.40. The van der Waals surface area contributed by atoms with E-state index in [0.29, 0.717) is 57.1 Å². The lowest BCUT2D eigenvalue weighted by atomic mass is 9.99. The van der Waals surface area contributed by atoms with Gasteiger partial charge in [0.15, 0.2) is 5.78 Å². The molecular formula is C41H51ClFN7O8. The Labute approximate surface area is 341 Å². The average Bonchev–Trinajstić information content (AvgIpc) is 3.46. The van der Waals surface area contributed by atoms with Crippen molar-refractivity contribution in [2.24, 2.45) is 5.92 Å². The maximum atomic E-state index is 14.5. The monoisotopic (exact) mass is 823 g/mol. The third-order valence-electron chi connectivity index (χ3n) is 11.6. The first-order chi connectivity index (χ1) is 27.6. The Bertz CT molecular complexity index is 1970. The summed E-state index contributed by atoms with van der Waals surface area (Å²) < 4.78 is 14.5. The number of halogens is 2. The number of rotatable bonds is 12. The first kappa shape index (κ1) is 42.5. The van der Waals surface area contributed by atoms with E-state index in [1.165, 1.54) is 21.9 Å². The van der Waals surface area contributed by atoms with Crippen LogP contribution in [-0.4, -0.2) is 123 Å². The van der Waals surface area contributed by atoms with Crippen molar-refractivity contribution in [3.8, 4) is 0 Å². The molecule has 0 bridgehead atoms. The van der Waals surface area contributed by atoms with E-state index in [2.05, 4.69) is 21.3 Å². The standard InChI is InChI=1S/C41H51ClFN7O8/c1-23-8-6-9-26(16-23)17-30(47-40(58)46-29-13-12-27(42)18-28(29)43)35(53)45-31(22-51)38(56)49-15-7-11-33(49)39(57)48-14-5-4-10-32(48)36(54)44-25(3)37(55)50-21-24(2)19-41(50)20-34(41)52/h6,8-9,12-13,16,18,24-25,30-33,51H,4-5,7,10-11,14-15,17,19-22H2,1-3H3,(H,44,54)(H,45,53)(H2,46,47,58)/t24-,25-,30-,31-,32-,33-,41-/m0/s1. The van der Waals surface area contributed by atoms with Crippen LogP contribution in [-0.2, 0) is 35.2 Å². The van der Waals surface area contributed by atoms with E-state index in [1.807, 2.05) is 26.0 Å². The molecular weight excluding hydrogens is 773 g/mol. The highest BCUT2D eigenvalue weighted by atomic mass is 35.5. The van der Waals surface area contributed by atoms with Crippen molar-refractivity contribution in [2.45, 2.75) is 108 Å². The summed E-state index contributed by atoms with van der Waals surface area (Å²) in [6.07, 6.45) is 3.31. The van der Waals surface area contributed by atoms with Gasteiger partial charge < -0.3 is 41.1 Å². The fraction of sp³-hybridized carbons (Fsp3) is 0.537. The average molecular weight is 824 g/mol. The van der Waals surface area contributed by atoms with E-state index in [1.54, 1.807) is 24.0 Å². The van der Waals surface area contributed by atoms with Gasteiger partial charge in [0.1, 0.15) is 41.6 Å². The van der Waals surface area contributed by atoms with E-state index in [0.717, 1.165) is 11.6 Å². The minimum atomic E-state index is -1.48. The summed E-state index contributed by atoms with van der Waals surface area (Å²) in [6.45, 7) is 5.46. The molecule has 6 rings (SSSR count). The molecule has 0 aromatic heterocycles. The number of nitrogens with zero attached hydrogens (tertiary/aromatic N) is 3. The summed E-state index contributed by atoms with van der Waals surface area (Å²) >= 11 is 5.83. The highest BCUT2D eigenvalue weighted by Gasteiger charge is 2.63. The van der Waals surface area contributed by atoms with Gasteiger partial charge in [0.05, 0.1) is 12.3 Å². The second kappa shape index (κ2) is 17.8. The SMILES string of the molecule is Cc1cccc(C[C@H](NC(=O)Nc2ccc(Cl)cc2F)C(=O)N[C@@H](CO)C(=O)N2CCC[C@H]2C(=O)N2CCCC[C@H]2C(=O)N[C@@H](C)C(=O)N2C[C@@H](C)C[C@@]23CC3=O)c1. The smallest absolute Gasteiger partial charge is 0.319 e. The van der Waals surface area contributed by atoms with Crippen LogP contribution < -0.4 is 21.3 Å². The molecule has 58 heavy (non-hydrogen) atoms. The van der Waals surface area contributed by atoms with Gasteiger partial charge in [-0.3, -0.25) is 28.8 Å². The Morgan fingerprint density at radius 1 is 0.931 bits per heavy atom. The van der Waals surface area contributed by atoms with Gasteiger partial charge in [0.2, 0.25) is 29.5 Å². The molecule has 3 saturated heterocycles. The molecule has 2 aromatic carbocycles. The molecule has 3 heterocycles. The molecule has 17 heteroatoms. The Morgan fingerprint density at radius 3 is 2.34 bits per heavy atom. The summed E-state index contributed by atoms with van der Waals surface area (Å²) in [5.41, 5.74) is 0.636. The van der Waals surface area contributed by atoms with Gasteiger partial charge in [0.25, 0.3) is 0 Å². The quantitative estimate of drug-likeness (QED) is 0.215. The minimum absolute atomic E-state index is 0.0139. The zero-order valence-corrected chi connectivity index (χ0v) is 33.6. The van der Waals surface area contributed by atoms with E-state index in [4.69, 9.17) is 11.6 Å². The van der Waals surface area contributed by atoms with Crippen molar-refractivity contribution in [1.29, 1.82) is 0 Å². The second-order valence-corrected chi connectivity index (χ2v) is 16.5. The molecule has 15 nitrogen and oxygen atoms in total. The van der Waals surface area contributed by atoms with Crippen LogP contribution in [0, 0.1) is 18.7 Å². The van der Waals surface area contributed by atoms with E-state index >= 15 is 0 Å². The number of amides is 7. The highest BCUT2D eigenvalue weighted by molar-refractivity contribution is 6.30. The molecule has 0 unspecified atom stereocenters. The lowest BCUT2D eigenvalue weighted by molar-refractivity contribution is -0.151. The van der Waals surface area contributed by atoms with Gasteiger partial charge in [0, 0.05) is 37.5 Å². The molecule has 4 aliphatic rings. The van der Waals surface area contributed by atoms with Crippen molar-refractivity contribution < 1.29 is 43.1 Å². The van der Waals surface area contributed by atoms with Crippen LogP contribution in [0.25, 0.3) is 0 Å². The van der Waals surface area contributed by atoms with E-state index in [9.17, 15) is 43.1 Å². The Balaban J connectivity index is 1.11. The number of hydrogen-bond acceptors (Lipinski definition) is 8. The van der Waals surface area contributed by atoms with Crippen molar-refractivity contribution in [3.05, 3.63) is 64.4 Å². The molecule has 5 N–H and O–H groups in total. The Hall–Kier alpha value is -5.09. The largest absolute Gasteiger partial charge is 0.394 e. The van der Waals surface area contributed by atoms with Gasteiger partial charge in [-0.2, -0.15) is 0 Å². The Kier molecular flexibility index (Phi) is 13.1. The van der Waals surface area contributed by atoms with Crippen LogP contribution in [0.1, 0.15) is 69.9 Å². The number of carbonyl (C=O) groups is 7. The van der Waals surface area contributed by atoms with Crippen molar-refractivity contribution >= 4 is 58.6 Å². The zero-order valence-electron chi connectivity index (χ0n) is 32.9. The lowest BCUT2D eigenvalue weighted by Crippen LogP contribution is -2.61. The van der Waals surface area contributed by atoms with Gasteiger partial charge in [-0.25, -0.2) is 9.18 Å². The molecule has 312 valence electrons. The predicted molar refractivity (Wildman–Crippen MR) is 211 cm³/mol. The minimum Gasteiger partial charge on any atom is -0.394 e. The topological polar surface area (TPSA) is 198 Å². The van der Waals surface area contributed by atoms with Crippen LogP contribution in [0.2, 0.25) is 5.02 Å². The number of carbonyl (C=O) groups excluding carboxylic acids is 7. The summed E-state index contributed by atoms with van der Waals surface area (Å²) in [7, 11) is 0. The van der Waals surface area contributed by atoms with Gasteiger partial charge in [-0.1, -0.05) is 48.4 Å². The normalized spacial score (nSPS) is 24.2. The number of urea groups is 1. The van der Waals surface area contributed by atoms with Gasteiger partial charge in [-0.15, -0.1) is 0 Å². The fourth-order valence-electron chi connectivity index (χ4n) is 8.59. The number of Topliss-reactive ketones (excluding diaryl/α,β-unsaturated/α-hetero) is 1. The van der Waals surface area contributed by atoms with E-state index in [-0.39, 0.29) is 47.8 Å². The highest BCUT2D eigenvalue weighted by Crippen LogP contribution is 2.48. The van der Waals surface area contributed by atoms with Crippen molar-refractivity contribution in [3.63, 3.8) is 0 Å². The maximum absolute atomic E-state index is 14.5. The summed E-state index contributed by atoms with van der Waals surface area (Å²) in [6, 6.07) is 4.44. The van der Waals surface area contributed by atoms with Gasteiger partial charge in [-0.05, 0) is 82.1 Å². The summed E-state index contributed by atoms with van der Waals surface area (Å²) in [4.78, 5) is 98.9. The molecule has 3 aliphatic heterocycles. The molecule has 4 fully saturated rings. The first-order valence-electron chi connectivity index (χ1n) is 19.9. The van der Waals surface area contributed by atoms with Crippen molar-refractivity contribution in [2.75, 3.05) is 31.6 Å². The number of aryl methyl sites for hydroxylation is 1. The molecule has 1 aliphatic carbocycles. The number of aliphatic hydroxyl groups is 1. The molecule has 0 radical (unpaired) electrons. The maximum Gasteiger partial charge on any atom is 0.319 e. The number of nitrogens with one attached hydrogen (secondary N) is 4. The third-order valence-corrected chi connectivity index (χ3v) is 11.8. The van der Waals surface area contributed by atoms with Crippen LogP contribution in [0.4, 0.5) is 14.9 Å². The number of hydrogen-bond donors (Lipinski definition) is 5. The number of benzene rings is 2. The Morgan fingerprint density at radius 2 is 1.66 bits per heavy atom. The van der Waals surface area contributed by atoms with E-state index < -0.39 is 77.8 Å². The van der Waals surface area contributed by atoms with Crippen LogP contribution in [0.3, 0.4) is 0 Å². The molecule has 7 atom stereocenters. The summed E-state index contributed by atoms with van der Waals surface area (Å²) in [5, 5.41) is 20.8. The molecule has 7 amide bonds. The number of aliphatic hydroxyl groups excluding tert-OH is 1. The molecule has 1 spiro atoms.